The van der Waals surface area contributed by atoms with Gasteiger partial charge in [-0.1, -0.05) is 12.1 Å². The quantitative estimate of drug-likeness (QED) is 0.833. The molecule has 2 aliphatic rings. The van der Waals surface area contributed by atoms with Gasteiger partial charge in [-0.3, -0.25) is 0 Å². The van der Waals surface area contributed by atoms with Gasteiger partial charge in [0, 0.05) is 5.56 Å². The molecule has 2 heterocycles. The third-order valence-corrected chi connectivity index (χ3v) is 3.12. The molecule has 90 valence electrons. The van der Waals surface area contributed by atoms with Crippen molar-refractivity contribution in [3.05, 3.63) is 48.0 Å². The maximum atomic E-state index is 5.85. The van der Waals surface area contributed by atoms with E-state index in [1.807, 2.05) is 42.5 Å². The summed E-state index contributed by atoms with van der Waals surface area (Å²) in [4.78, 5) is 0. The second kappa shape index (κ2) is 3.57. The van der Waals surface area contributed by atoms with Gasteiger partial charge in [-0.25, -0.2) is 0 Å². The molecule has 2 aliphatic heterocycles. The number of ether oxygens (including phenoxy) is 3. The van der Waals surface area contributed by atoms with E-state index in [-0.39, 0.29) is 13.0 Å². The molecule has 4 heteroatoms. The molecular formula is C14H11NO3. The molecule has 0 aromatic heterocycles. The molecule has 18 heavy (non-hydrogen) atoms. The Morgan fingerprint density at radius 2 is 1.83 bits per heavy atom. The van der Waals surface area contributed by atoms with Crippen LogP contribution in [0.1, 0.15) is 11.8 Å². The van der Waals surface area contributed by atoms with Crippen LogP contribution in [0, 0.1) is 0 Å². The van der Waals surface area contributed by atoms with Gasteiger partial charge in [0.05, 0.1) is 5.69 Å². The molecule has 0 amide bonds. The minimum Gasteiger partial charge on any atom is -0.464 e. The van der Waals surface area contributed by atoms with Crippen LogP contribution in [-0.2, 0) is 0 Å². The first-order chi connectivity index (χ1) is 8.90. The summed E-state index contributed by atoms with van der Waals surface area (Å²) in [5.41, 5.74) is 2.04. The summed E-state index contributed by atoms with van der Waals surface area (Å²) < 4.78 is 16.5. The van der Waals surface area contributed by atoms with Crippen molar-refractivity contribution in [1.82, 2.24) is 0 Å². The van der Waals surface area contributed by atoms with Crippen LogP contribution in [0.15, 0.2) is 42.5 Å². The Labute approximate surface area is 104 Å². The third-order valence-electron chi connectivity index (χ3n) is 3.12. The molecule has 0 fully saturated rings. The smallest absolute Gasteiger partial charge is 0.231 e. The van der Waals surface area contributed by atoms with Gasteiger partial charge in [0.1, 0.15) is 5.75 Å². The van der Waals surface area contributed by atoms with Gasteiger partial charge in [0.15, 0.2) is 17.7 Å². The van der Waals surface area contributed by atoms with E-state index < -0.39 is 0 Å². The van der Waals surface area contributed by atoms with Crippen molar-refractivity contribution in [3.8, 4) is 17.2 Å². The van der Waals surface area contributed by atoms with Gasteiger partial charge in [-0.15, -0.1) is 0 Å². The van der Waals surface area contributed by atoms with Gasteiger partial charge >= 0.3 is 0 Å². The van der Waals surface area contributed by atoms with Crippen molar-refractivity contribution >= 4 is 5.69 Å². The van der Waals surface area contributed by atoms with Gasteiger partial charge in [-0.2, -0.15) is 0 Å². The maximum Gasteiger partial charge on any atom is 0.231 e. The van der Waals surface area contributed by atoms with E-state index in [0.29, 0.717) is 0 Å². The van der Waals surface area contributed by atoms with Crippen molar-refractivity contribution in [1.29, 1.82) is 0 Å². The Morgan fingerprint density at radius 1 is 0.944 bits per heavy atom. The molecule has 1 atom stereocenters. The van der Waals surface area contributed by atoms with Crippen LogP contribution in [0.5, 0.6) is 17.2 Å². The summed E-state index contributed by atoms with van der Waals surface area (Å²) in [7, 11) is 0. The highest BCUT2D eigenvalue weighted by Crippen LogP contribution is 2.40. The zero-order valence-corrected chi connectivity index (χ0v) is 9.55. The minimum absolute atomic E-state index is 0.170. The van der Waals surface area contributed by atoms with Gasteiger partial charge in [-0.05, 0) is 30.3 Å². The van der Waals surface area contributed by atoms with E-state index in [9.17, 15) is 0 Å². The standard InChI is InChI=1S/C14H11NO3/c1-2-4-11-10(3-1)15-14(18-11)9-5-6-12-13(7-9)17-8-16-12/h1-7,14-15H,8H2/t14-/m1/s1. The lowest BCUT2D eigenvalue weighted by Gasteiger charge is -2.12. The maximum absolute atomic E-state index is 5.85. The summed E-state index contributed by atoms with van der Waals surface area (Å²) in [6, 6.07) is 13.7. The summed E-state index contributed by atoms with van der Waals surface area (Å²) >= 11 is 0. The number of nitrogens with one attached hydrogen (secondary N) is 1. The van der Waals surface area contributed by atoms with E-state index in [4.69, 9.17) is 14.2 Å². The van der Waals surface area contributed by atoms with Gasteiger partial charge in [0.2, 0.25) is 6.79 Å². The van der Waals surface area contributed by atoms with Crippen LogP contribution in [-0.4, -0.2) is 6.79 Å². The Bertz CT molecular complexity index is 587. The van der Waals surface area contributed by atoms with Crippen LogP contribution >= 0.6 is 0 Å². The molecule has 4 rings (SSSR count). The lowest BCUT2D eigenvalue weighted by atomic mass is 10.2. The fourth-order valence-corrected chi connectivity index (χ4v) is 2.21. The summed E-state index contributed by atoms with van der Waals surface area (Å²) in [5.74, 6) is 2.43. The zero-order chi connectivity index (χ0) is 11.9. The van der Waals surface area contributed by atoms with Crippen LogP contribution in [0.25, 0.3) is 0 Å². The third kappa shape index (κ3) is 1.39. The van der Waals surface area contributed by atoms with E-state index in [1.165, 1.54) is 0 Å². The van der Waals surface area contributed by atoms with Crippen LogP contribution in [0.4, 0.5) is 5.69 Å². The zero-order valence-electron chi connectivity index (χ0n) is 9.55. The fraction of sp³-hybridized carbons (Fsp3) is 0.143. The first-order valence-corrected chi connectivity index (χ1v) is 5.82. The molecular weight excluding hydrogens is 230 g/mol. The highest BCUT2D eigenvalue weighted by Gasteiger charge is 2.24. The monoisotopic (exact) mass is 241 g/mol. The molecule has 2 aromatic carbocycles. The molecule has 0 bridgehead atoms. The largest absolute Gasteiger partial charge is 0.464 e. The highest BCUT2D eigenvalue weighted by atomic mass is 16.7. The number of fused-ring (bicyclic) bond motifs is 2. The first kappa shape index (κ1) is 9.65. The van der Waals surface area contributed by atoms with Crippen LogP contribution in [0.3, 0.4) is 0 Å². The molecule has 2 aromatic rings. The number of hydrogen-bond donors (Lipinski definition) is 1. The molecule has 4 nitrogen and oxygen atoms in total. The molecule has 0 saturated carbocycles. The topological polar surface area (TPSA) is 39.7 Å². The van der Waals surface area contributed by atoms with E-state index >= 15 is 0 Å². The predicted molar refractivity (Wildman–Crippen MR) is 66.0 cm³/mol. The second-order valence-corrected chi connectivity index (χ2v) is 4.25. The average molecular weight is 241 g/mol. The summed E-state index contributed by atoms with van der Waals surface area (Å²) in [6.45, 7) is 0.290. The lowest BCUT2D eigenvalue weighted by Crippen LogP contribution is -2.09. The predicted octanol–water partition coefficient (Wildman–Crippen LogP) is 2.92. The number of rotatable bonds is 1. The number of hydrogen-bond acceptors (Lipinski definition) is 4. The number of benzene rings is 2. The Kier molecular flexibility index (Phi) is 1.91. The summed E-state index contributed by atoms with van der Waals surface area (Å²) in [6.07, 6.45) is -0.170. The Balaban J connectivity index is 1.66. The fourth-order valence-electron chi connectivity index (χ4n) is 2.21. The number of para-hydroxylation sites is 2. The Morgan fingerprint density at radius 3 is 2.78 bits per heavy atom. The molecule has 1 N–H and O–H groups in total. The lowest BCUT2D eigenvalue weighted by molar-refractivity contribution is 0.173. The molecule has 0 unspecified atom stereocenters. The van der Waals surface area contributed by atoms with Crippen molar-refractivity contribution in [3.63, 3.8) is 0 Å². The first-order valence-electron chi connectivity index (χ1n) is 5.82. The van der Waals surface area contributed by atoms with E-state index in [0.717, 1.165) is 28.5 Å². The van der Waals surface area contributed by atoms with Crippen LogP contribution < -0.4 is 19.5 Å². The summed E-state index contributed by atoms with van der Waals surface area (Å²) in [5, 5.41) is 3.32. The molecule has 0 aliphatic carbocycles. The van der Waals surface area contributed by atoms with Gasteiger partial charge in [0.25, 0.3) is 0 Å². The van der Waals surface area contributed by atoms with Crippen molar-refractivity contribution in [2.24, 2.45) is 0 Å². The van der Waals surface area contributed by atoms with Gasteiger partial charge < -0.3 is 19.5 Å². The number of anilines is 1. The molecule has 0 radical (unpaired) electrons. The average Bonchev–Trinajstić information content (AvgIpc) is 3.04. The van der Waals surface area contributed by atoms with Crippen LogP contribution in [0.2, 0.25) is 0 Å². The van der Waals surface area contributed by atoms with Crippen molar-refractivity contribution in [2.75, 3.05) is 12.1 Å². The Hall–Kier alpha value is -2.36. The SMILES string of the molecule is c1ccc2c(c1)N[C@@H](c1ccc3c(c1)OCO3)O2. The minimum atomic E-state index is -0.170. The van der Waals surface area contributed by atoms with Crippen molar-refractivity contribution in [2.45, 2.75) is 6.23 Å². The van der Waals surface area contributed by atoms with E-state index in [1.54, 1.807) is 0 Å². The second-order valence-electron chi connectivity index (χ2n) is 4.25. The molecule has 0 spiro atoms. The normalized spacial score (nSPS) is 19.0. The highest BCUT2D eigenvalue weighted by molar-refractivity contribution is 5.61. The van der Waals surface area contributed by atoms with Crippen molar-refractivity contribution < 1.29 is 14.2 Å². The molecule has 0 saturated heterocycles. The van der Waals surface area contributed by atoms with E-state index in [2.05, 4.69) is 5.32 Å².